The van der Waals surface area contributed by atoms with E-state index in [0.29, 0.717) is 0 Å². The van der Waals surface area contributed by atoms with Crippen LogP contribution in [-0.2, 0) is 4.79 Å². The highest BCUT2D eigenvalue weighted by Gasteiger charge is 2.26. The number of nitro groups is 1. The number of rotatable bonds is 7. The van der Waals surface area contributed by atoms with E-state index in [1.807, 2.05) is 0 Å². The predicted molar refractivity (Wildman–Crippen MR) is 75.4 cm³/mol. The molecule has 1 N–H and O–H groups in total. The molecule has 22 heavy (non-hydrogen) atoms. The van der Waals surface area contributed by atoms with Crippen LogP contribution >= 0.6 is 0 Å². The Bertz CT molecular complexity index is 600. The van der Waals surface area contributed by atoms with Crippen LogP contribution in [-0.4, -0.2) is 54.6 Å². The van der Waals surface area contributed by atoms with Crippen molar-refractivity contribution in [1.29, 1.82) is 0 Å². The molecule has 0 aliphatic rings. The van der Waals surface area contributed by atoms with Gasteiger partial charge in [-0.05, 0) is 0 Å². The number of carboxylic acid groups (broad SMARTS) is 1. The number of benzene rings is 1. The Kier molecular flexibility index (Phi) is 5.67. The highest BCUT2D eigenvalue weighted by Crippen LogP contribution is 2.34. The zero-order valence-electron chi connectivity index (χ0n) is 12.4. The normalized spacial score (nSPS) is 9.95. The first kappa shape index (κ1) is 17.2. The predicted octanol–water partition coefficient (Wildman–Crippen LogP) is 1.16. The first-order valence-electron chi connectivity index (χ1n) is 6.19. The fourth-order valence-electron chi connectivity index (χ4n) is 1.76. The topological polar surface area (TPSA) is 119 Å². The number of ether oxygens (including phenoxy) is 2. The van der Waals surface area contributed by atoms with Gasteiger partial charge in [0.25, 0.3) is 11.6 Å². The average Bonchev–Trinajstić information content (AvgIpc) is 2.50. The molecule has 1 amide bonds. The number of carbonyl (C=O) groups is 2. The third-order valence-electron chi connectivity index (χ3n) is 2.94. The minimum atomic E-state index is -1.07. The summed E-state index contributed by atoms with van der Waals surface area (Å²) >= 11 is 0. The van der Waals surface area contributed by atoms with Crippen molar-refractivity contribution in [2.24, 2.45) is 0 Å². The van der Waals surface area contributed by atoms with Gasteiger partial charge in [-0.2, -0.15) is 0 Å². The molecule has 0 aliphatic carbocycles. The summed E-state index contributed by atoms with van der Waals surface area (Å²) in [5, 5.41) is 19.8. The number of methoxy groups -OCH3 is 2. The van der Waals surface area contributed by atoms with Crippen molar-refractivity contribution in [3.8, 4) is 11.5 Å². The summed E-state index contributed by atoms with van der Waals surface area (Å²) in [4.78, 5) is 34.3. The van der Waals surface area contributed by atoms with Crippen LogP contribution < -0.4 is 9.47 Å². The van der Waals surface area contributed by atoms with Crippen molar-refractivity contribution in [3.63, 3.8) is 0 Å². The second-order valence-corrected chi connectivity index (χ2v) is 4.35. The van der Waals surface area contributed by atoms with E-state index < -0.39 is 22.5 Å². The van der Waals surface area contributed by atoms with E-state index in [1.54, 1.807) is 0 Å². The quantitative estimate of drug-likeness (QED) is 0.592. The lowest BCUT2D eigenvalue weighted by Gasteiger charge is -2.17. The zero-order valence-corrected chi connectivity index (χ0v) is 12.4. The summed E-state index contributed by atoms with van der Waals surface area (Å²) in [6.45, 7) is -0.0698. The monoisotopic (exact) mass is 312 g/mol. The zero-order chi connectivity index (χ0) is 16.9. The second-order valence-electron chi connectivity index (χ2n) is 4.35. The Morgan fingerprint density at radius 1 is 1.27 bits per heavy atom. The maximum atomic E-state index is 12.3. The SMILES string of the molecule is COc1cc(C(=O)N(C)CCC(=O)O)c([N+](=O)[O-])cc1OC. The minimum Gasteiger partial charge on any atom is -0.493 e. The molecule has 1 rings (SSSR count). The molecular weight excluding hydrogens is 296 g/mol. The Morgan fingerprint density at radius 3 is 2.27 bits per heavy atom. The lowest BCUT2D eigenvalue weighted by molar-refractivity contribution is -0.385. The average molecular weight is 312 g/mol. The second kappa shape index (κ2) is 7.25. The molecule has 0 unspecified atom stereocenters. The van der Waals surface area contributed by atoms with E-state index in [9.17, 15) is 19.7 Å². The first-order chi connectivity index (χ1) is 10.3. The van der Waals surface area contributed by atoms with Crippen molar-refractivity contribution in [2.75, 3.05) is 27.8 Å². The van der Waals surface area contributed by atoms with E-state index in [4.69, 9.17) is 14.6 Å². The molecule has 0 aromatic heterocycles. The lowest BCUT2D eigenvalue weighted by atomic mass is 10.1. The standard InChI is InChI=1S/C13H16N2O7/c1-14(5-4-12(16)17)13(18)8-6-10(21-2)11(22-3)7-9(8)15(19)20/h6-7H,4-5H2,1-3H3,(H,16,17). The van der Waals surface area contributed by atoms with Gasteiger partial charge in [0, 0.05) is 19.7 Å². The van der Waals surface area contributed by atoms with Crippen LogP contribution in [0.5, 0.6) is 11.5 Å². The molecule has 0 bridgehead atoms. The smallest absolute Gasteiger partial charge is 0.305 e. The van der Waals surface area contributed by atoms with Crippen molar-refractivity contribution in [3.05, 3.63) is 27.8 Å². The number of aliphatic carboxylic acids is 1. The molecular formula is C13H16N2O7. The molecule has 0 saturated heterocycles. The molecule has 0 spiro atoms. The summed E-state index contributed by atoms with van der Waals surface area (Å²) < 4.78 is 10.00. The Morgan fingerprint density at radius 2 is 1.82 bits per heavy atom. The number of nitro benzene ring substituents is 1. The van der Waals surface area contributed by atoms with Gasteiger partial charge in [-0.1, -0.05) is 0 Å². The van der Waals surface area contributed by atoms with Gasteiger partial charge in [0.15, 0.2) is 11.5 Å². The number of hydrogen-bond acceptors (Lipinski definition) is 6. The van der Waals surface area contributed by atoms with Gasteiger partial charge in [-0.15, -0.1) is 0 Å². The minimum absolute atomic E-state index is 0.0698. The number of amides is 1. The highest BCUT2D eigenvalue weighted by atomic mass is 16.6. The summed E-state index contributed by atoms with van der Waals surface area (Å²) in [6.07, 6.45) is -0.261. The van der Waals surface area contributed by atoms with E-state index >= 15 is 0 Å². The van der Waals surface area contributed by atoms with Crippen LogP contribution in [0.4, 0.5) is 5.69 Å². The number of hydrogen-bond donors (Lipinski definition) is 1. The third kappa shape index (κ3) is 3.84. The molecule has 9 heteroatoms. The van der Waals surface area contributed by atoms with Crippen LogP contribution in [0, 0.1) is 10.1 Å². The first-order valence-corrected chi connectivity index (χ1v) is 6.19. The maximum absolute atomic E-state index is 12.3. The van der Waals surface area contributed by atoms with Gasteiger partial charge in [-0.25, -0.2) is 0 Å². The molecule has 0 atom stereocenters. The maximum Gasteiger partial charge on any atom is 0.305 e. The van der Waals surface area contributed by atoms with Gasteiger partial charge < -0.3 is 19.5 Å². The molecule has 1 aromatic carbocycles. The van der Waals surface area contributed by atoms with Crippen molar-refractivity contribution in [2.45, 2.75) is 6.42 Å². The van der Waals surface area contributed by atoms with E-state index in [1.165, 1.54) is 27.3 Å². The van der Waals surface area contributed by atoms with E-state index in [2.05, 4.69) is 0 Å². The molecule has 0 radical (unpaired) electrons. The van der Waals surface area contributed by atoms with E-state index in [-0.39, 0.29) is 30.0 Å². The summed E-state index contributed by atoms with van der Waals surface area (Å²) in [5.41, 5.74) is -0.639. The number of carbonyl (C=O) groups excluding carboxylic acids is 1. The molecule has 0 fully saturated rings. The largest absolute Gasteiger partial charge is 0.493 e. The fraction of sp³-hybridized carbons (Fsp3) is 0.385. The highest BCUT2D eigenvalue weighted by molar-refractivity contribution is 5.99. The summed E-state index contributed by atoms with van der Waals surface area (Å²) in [7, 11) is 4.03. The Balaban J connectivity index is 3.23. The van der Waals surface area contributed by atoms with Gasteiger partial charge in [0.05, 0.1) is 31.6 Å². The van der Waals surface area contributed by atoms with Crippen LogP contribution in [0.1, 0.15) is 16.8 Å². The van der Waals surface area contributed by atoms with Crippen molar-refractivity contribution in [1.82, 2.24) is 4.90 Å². The van der Waals surface area contributed by atoms with Crippen LogP contribution in [0.3, 0.4) is 0 Å². The van der Waals surface area contributed by atoms with Crippen LogP contribution in [0.2, 0.25) is 0 Å². The molecule has 1 aromatic rings. The molecule has 0 heterocycles. The lowest BCUT2D eigenvalue weighted by Crippen LogP contribution is -2.29. The number of nitrogens with zero attached hydrogens (tertiary/aromatic N) is 2. The van der Waals surface area contributed by atoms with Crippen LogP contribution in [0.25, 0.3) is 0 Å². The summed E-state index contributed by atoms with van der Waals surface area (Å²) in [6, 6.07) is 2.30. The van der Waals surface area contributed by atoms with Gasteiger partial charge in [0.1, 0.15) is 5.56 Å². The van der Waals surface area contributed by atoms with Gasteiger partial charge in [-0.3, -0.25) is 19.7 Å². The van der Waals surface area contributed by atoms with Crippen molar-refractivity contribution < 1.29 is 29.1 Å². The molecule has 120 valence electrons. The Hall–Kier alpha value is -2.84. The molecule has 0 aliphatic heterocycles. The molecule has 9 nitrogen and oxygen atoms in total. The molecule has 0 saturated carbocycles. The van der Waals surface area contributed by atoms with Crippen molar-refractivity contribution >= 4 is 17.6 Å². The fourth-order valence-corrected chi connectivity index (χ4v) is 1.76. The third-order valence-corrected chi connectivity index (χ3v) is 2.94. The number of carboxylic acids is 1. The summed E-state index contributed by atoms with van der Waals surface area (Å²) in [5.74, 6) is -1.45. The van der Waals surface area contributed by atoms with Gasteiger partial charge >= 0.3 is 5.97 Å². The van der Waals surface area contributed by atoms with Gasteiger partial charge in [0.2, 0.25) is 0 Å². The van der Waals surface area contributed by atoms with E-state index in [0.717, 1.165) is 11.0 Å². The van der Waals surface area contributed by atoms with Crippen LogP contribution in [0.15, 0.2) is 12.1 Å². The Labute approximate surface area is 126 Å².